The van der Waals surface area contributed by atoms with Crippen LogP contribution in [0.4, 0.5) is 0 Å². The molecule has 2 heterocycles. The fourth-order valence-electron chi connectivity index (χ4n) is 2.28. The molecule has 0 bridgehead atoms. The minimum Gasteiger partial charge on any atom is -0.387 e. The normalized spacial score (nSPS) is 18.6. The number of nitrogens with zero attached hydrogens (tertiary/aromatic N) is 2. The first-order valence-electron chi connectivity index (χ1n) is 6.73. The molecule has 0 aromatic carbocycles. The van der Waals surface area contributed by atoms with E-state index in [1.54, 1.807) is 7.05 Å². The van der Waals surface area contributed by atoms with Crippen molar-refractivity contribution in [1.82, 2.24) is 14.2 Å². The third kappa shape index (κ3) is 2.58. The number of aromatic nitrogens is 1. The summed E-state index contributed by atoms with van der Waals surface area (Å²) in [6.45, 7) is 3.88. The number of carbonyl (C=O) groups is 1. The maximum atomic E-state index is 12.5. The molecule has 0 atom stereocenters. The number of aryl methyl sites for hydroxylation is 1. The first-order chi connectivity index (χ1) is 9.61. The molecule has 1 amide bonds. The molecule has 0 saturated carbocycles. The molecule has 1 aliphatic heterocycles. The summed E-state index contributed by atoms with van der Waals surface area (Å²) in [7, 11) is -0.575. The molecular weight excluding hydrogens is 294 g/mol. The number of hydrogen-bond donors (Lipinski definition) is 2. The van der Waals surface area contributed by atoms with Crippen LogP contribution in [0.5, 0.6) is 0 Å². The quantitative estimate of drug-likeness (QED) is 0.803. The van der Waals surface area contributed by atoms with Crippen LogP contribution < -0.4 is 5.32 Å². The molecule has 21 heavy (non-hydrogen) atoms. The number of hydrogen-bond acceptors (Lipinski definition) is 4. The Balaban J connectivity index is 2.25. The molecule has 1 fully saturated rings. The number of carbonyl (C=O) groups excluding carboxylic acids is 1. The lowest BCUT2D eigenvalue weighted by Gasteiger charge is -2.47. The fraction of sp³-hybridized carbons (Fsp3) is 0.615. The van der Waals surface area contributed by atoms with Crippen molar-refractivity contribution in [3.8, 4) is 0 Å². The number of sulfonamides is 1. The highest BCUT2D eigenvalue weighted by Crippen LogP contribution is 2.33. The minimum atomic E-state index is -3.68. The lowest BCUT2D eigenvalue weighted by Crippen LogP contribution is -2.65. The second-order valence-corrected chi connectivity index (χ2v) is 7.72. The highest BCUT2D eigenvalue weighted by molar-refractivity contribution is 7.89. The van der Waals surface area contributed by atoms with Crippen LogP contribution in [0.1, 0.15) is 24.3 Å². The van der Waals surface area contributed by atoms with Crippen molar-refractivity contribution in [2.45, 2.75) is 24.3 Å². The van der Waals surface area contributed by atoms with Crippen molar-refractivity contribution < 1.29 is 18.3 Å². The smallest absolute Gasteiger partial charge is 0.267 e. The molecule has 1 aromatic rings. The zero-order valence-electron chi connectivity index (χ0n) is 12.6. The standard InChI is InChI=1S/C13H21N3O4S/c1-9(2)13(18)7-16(8-13)21(19,20)10-5-11(12(17)14-3)15(4)6-10/h5-6,9,18H,7-8H2,1-4H3,(H,14,17). The van der Waals surface area contributed by atoms with Crippen molar-refractivity contribution in [3.05, 3.63) is 18.0 Å². The second-order valence-electron chi connectivity index (χ2n) is 5.78. The van der Waals surface area contributed by atoms with E-state index in [0.717, 1.165) is 0 Å². The predicted octanol–water partition coefficient (Wildman–Crippen LogP) is -0.224. The summed E-state index contributed by atoms with van der Waals surface area (Å²) in [6, 6.07) is 1.35. The van der Waals surface area contributed by atoms with Gasteiger partial charge < -0.3 is 15.0 Å². The van der Waals surface area contributed by atoms with Crippen molar-refractivity contribution in [2.75, 3.05) is 20.1 Å². The number of β-amino-alcohol motifs (C(OH)–C–C–N with tert-alkyl or cyclic N) is 1. The van der Waals surface area contributed by atoms with Gasteiger partial charge in [0.1, 0.15) is 10.6 Å². The van der Waals surface area contributed by atoms with Gasteiger partial charge in [0.2, 0.25) is 10.0 Å². The zero-order chi connectivity index (χ0) is 16.0. The zero-order valence-corrected chi connectivity index (χ0v) is 13.4. The molecular formula is C13H21N3O4S. The van der Waals surface area contributed by atoms with E-state index in [1.807, 2.05) is 13.8 Å². The summed E-state index contributed by atoms with van der Waals surface area (Å²) in [5.41, 5.74) is -0.693. The molecule has 1 aliphatic rings. The predicted molar refractivity (Wildman–Crippen MR) is 77.3 cm³/mol. The first-order valence-corrected chi connectivity index (χ1v) is 8.17. The first kappa shape index (κ1) is 16.0. The highest BCUT2D eigenvalue weighted by Gasteiger charge is 2.49. The summed E-state index contributed by atoms with van der Waals surface area (Å²) < 4.78 is 27.6. The summed E-state index contributed by atoms with van der Waals surface area (Å²) in [5.74, 6) is -0.359. The Bertz CT molecular complexity index is 657. The average molecular weight is 315 g/mol. The van der Waals surface area contributed by atoms with Crippen molar-refractivity contribution in [1.29, 1.82) is 0 Å². The van der Waals surface area contributed by atoms with Crippen LogP contribution >= 0.6 is 0 Å². The van der Waals surface area contributed by atoms with E-state index in [1.165, 1.54) is 28.2 Å². The van der Waals surface area contributed by atoms with Gasteiger partial charge in [0.05, 0.1) is 5.60 Å². The second kappa shape index (κ2) is 5.11. The van der Waals surface area contributed by atoms with Gasteiger partial charge in [-0.3, -0.25) is 4.79 Å². The summed E-state index contributed by atoms with van der Waals surface area (Å²) >= 11 is 0. The van der Waals surface area contributed by atoms with Crippen LogP contribution in [0, 0.1) is 5.92 Å². The summed E-state index contributed by atoms with van der Waals surface area (Å²) in [4.78, 5) is 11.7. The van der Waals surface area contributed by atoms with Gasteiger partial charge in [-0.05, 0) is 12.0 Å². The van der Waals surface area contributed by atoms with Gasteiger partial charge in [0.15, 0.2) is 0 Å². The molecule has 1 aromatic heterocycles. The molecule has 2 N–H and O–H groups in total. The molecule has 1 saturated heterocycles. The van der Waals surface area contributed by atoms with Crippen molar-refractivity contribution >= 4 is 15.9 Å². The van der Waals surface area contributed by atoms with Gasteiger partial charge in [0, 0.05) is 33.4 Å². The van der Waals surface area contributed by atoms with Gasteiger partial charge in [-0.25, -0.2) is 8.42 Å². The van der Waals surface area contributed by atoms with E-state index in [2.05, 4.69) is 5.32 Å². The maximum absolute atomic E-state index is 12.5. The van der Waals surface area contributed by atoms with Gasteiger partial charge in [-0.2, -0.15) is 4.31 Å². The number of aliphatic hydroxyl groups is 1. The Morgan fingerprint density at radius 2 is 2.00 bits per heavy atom. The molecule has 7 nitrogen and oxygen atoms in total. The van der Waals surface area contributed by atoms with Crippen LogP contribution in [0.3, 0.4) is 0 Å². The van der Waals surface area contributed by atoms with Crippen LogP contribution in [0.25, 0.3) is 0 Å². The summed E-state index contributed by atoms with van der Waals surface area (Å²) in [5, 5.41) is 12.6. The molecule has 2 rings (SSSR count). The van der Waals surface area contributed by atoms with Gasteiger partial charge >= 0.3 is 0 Å². The van der Waals surface area contributed by atoms with E-state index < -0.39 is 15.6 Å². The Kier molecular flexibility index (Phi) is 3.90. The molecule has 0 spiro atoms. The van der Waals surface area contributed by atoms with Gasteiger partial charge in [0.25, 0.3) is 5.91 Å². The Hall–Kier alpha value is -1.38. The molecule has 8 heteroatoms. The molecule has 0 radical (unpaired) electrons. The topological polar surface area (TPSA) is 91.6 Å². The lowest BCUT2D eigenvalue weighted by atomic mass is 9.85. The average Bonchev–Trinajstić information content (AvgIpc) is 2.76. The van der Waals surface area contributed by atoms with E-state index in [-0.39, 0.29) is 35.5 Å². The van der Waals surface area contributed by atoms with Gasteiger partial charge in [-0.1, -0.05) is 13.8 Å². The maximum Gasteiger partial charge on any atom is 0.267 e. The van der Waals surface area contributed by atoms with E-state index in [9.17, 15) is 18.3 Å². The van der Waals surface area contributed by atoms with E-state index >= 15 is 0 Å². The van der Waals surface area contributed by atoms with Crippen LogP contribution in [0.2, 0.25) is 0 Å². The largest absolute Gasteiger partial charge is 0.387 e. The van der Waals surface area contributed by atoms with E-state index in [0.29, 0.717) is 0 Å². The highest BCUT2D eigenvalue weighted by atomic mass is 32.2. The van der Waals surface area contributed by atoms with E-state index in [4.69, 9.17) is 0 Å². The minimum absolute atomic E-state index is 0.0128. The SMILES string of the molecule is CNC(=O)c1cc(S(=O)(=O)N2CC(O)(C(C)C)C2)cn1C. The Morgan fingerprint density at radius 3 is 2.48 bits per heavy atom. The third-order valence-electron chi connectivity index (χ3n) is 4.05. The third-order valence-corrected chi connectivity index (χ3v) is 5.81. The fourth-order valence-corrected chi connectivity index (χ4v) is 3.91. The molecule has 0 unspecified atom stereocenters. The number of amides is 1. The number of nitrogens with one attached hydrogen (secondary N) is 1. The molecule has 0 aliphatic carbocycles. The Labute approximate surface area is 124 Å². The lowest BCUT2D eigenvalue weighted by molar-refractivity contribution is -0.0932. The van der Waals surface area contributed by atoms with Crippen LogP contribution in [-0.2, 0) is 17.1 Å². The van der Waals surface area contributed by atoms with Crippen molar-refractivity contribution in [3.63, 3.8) is 0 Å². The summed E-state index contributed by atoms with van der Waals surface area (Å²) in [6.07, 6.45) is 1.41. The monoisotopic (exact) mass is 315 g/mol. The van der Waals surface area contributed by atoms with Crippen molar-refractivity contribution in [2.24, 2.45) is 13.0 Å². The van der Waals surface area contributed by atoms with Crippen LogP contribution in [0.15, 0.2) is 17.2 Å². The van der Waals surface area contributed by atoms with Gasteiger partial charge in [-0.15, -0.1) is 0 Å². The number of rotatable bonds is 4. The Morgan fingerprint density at radius 1 is 1.43 bits per heavy atom. The van der Waals surface area contributed by atoms with Crippen LogP contribution in [-0.4, -0.2) is 54.0 Å². The molecule has 118 valence electrons.